The molecule has 0 aromatic heterocycles. The van der Waals surface area contributed by atoms with E-state index in [2.05, 4.69) is 15.9 Å². The largest absolute Gasteiger partial charge is 0.507 e. The Hall–Kier alpha value is -2.47. The number of Topliss-reactive ketones (excluding diaryl/α,β-unsaturated/α-hetero) is 1. The van der Waals surface area contributed by atoms with Crippen molar-refractivity contribution in [3.8, 4) is 11.5 Å². The number of rotatable bonds is 2. The van der Waals surface area contributed by atoms with Crippen LogP contribution in [0, 0.1) is 12.3 Å². The van der Waals surface area contributed by atoms with Gasteiger partial charge in [-0.05, 0) is 31.2 Å². The molecular weight excluding hydrogens is 436 g/mol. The Kier molecular flexibility index (Phi) is 4.46. The first-order valence-electron chi connectivity index (χ1n) is 9.51. The first kappa shape index (κ1) is 19.8. The van der Waals surface area contributed by atoms with E-state index >= 15 is 0 Å². The molecule has 0 bridgehead atoms. The van der Waals surface area contributed by atoms with Gasteiger partial charge in [-0.3, -0.25) is 14.4 Å². The fraction of sp³-hybridized carbons (Fsp3) is 0.348. The lowest BCUT2D eigenvalue weighted by atomic mass is 9.64. The SMILES string of the molecule is Cc1cccc2c1C(=O)c1c(O)c3c(c(O)c1C2=O)CC(C)(C(=O)CBr)CC3C. The molecular formula is C23H21BrO5. The third-order valence-electron chi connectivity index (χ3n) is 6.40. The van der Waals surface area contributed by atoms with Crippen molar-refractivity contribution in [2.45, 2.75) is 39.5 Å². The van der Waals surface area contributed by atoms with Gasteiger partial charge in [-0.1, -0.05) is 48.0 Å². The van der Waals surface area contributed by atoms with Gasteiger partial charge in [0.15, 0.2) is 11.6 Å². The van der Waals surface area contributed by atoms with Crippen LogP contribution < -0.4 is 0 Å². The molecule has 2 N–H and O–H groups in total. The summed E-state index contributed by atoms with van der Waals surface area (Å²) in [4.78, 5) is 39.0. The number of carbonyl (C=O) groups is 3. The van der Waals surface area contributed by atoms with Gasteiger partial charge in [0.2, 0.25) is 0 Å². The van der Waals surface area contributed by atoms with Gasteiger partial charge in [0, 0.05) is 27.7 Å². The van der Waals surface area contributed by atoms with E-state index in [4.69, 9.17) is 0 Å². The predicted octanol–water partition coefficient (Wildman–Crippen LogP) is 4.20. The molecule has 6 heteroatoms. The monoisotopic (exact) mass is 456 g/mol. The van der Waals surface area contributed by atoms with E-state index in [0.717, 1.165) is 0 Å². The minimum Gasteiger partial charge on any atom is -0.507 e. The molecule has 0 spiro atoms. The Morgan fingerprint density at radius 2 is 1.79 bits per heavy atom. The Morgan fingerprint density at radius 1 is 1.14 bits per heavy atom. The molecule has 2 unspecified atom stereocenters. The van der Waals surface area contributed by atoms with Crippen molar-refractivity contribution in [2.24, 2.45) is 5.41 Å². The highest BCUT2D eigenvalue weighted by atomic mass is 79.9. The number of benzene rings is 2. The maximum Gasteiger partial charge on any atom is 0.198 e. The molecule has 0 aliphatic heterocycles. The second-order valence-electron chi connectivity index (χ2n) is 8.39. The lowest BCUT2D eigenvalue weighted by molar-refractivity contribution is -0.126. The van der Waals surface area contributed by atoms with Gasteiger partial charge in [0.1, 0.15) is 17.3 Å². The normalized spacial score (nSPS) is 22.7. The molecule has 0 amide bonds. The van der Waals surface area contributed by atoms with Gasteiger partial charge < -0.3 is 10.2 Å². The maximum absolute atomic E-state index is 13.2. The summed E-state index contributed by atoms with van der Waals surface area (Å²) < 4.78 is 0. The number of hydrogen-bond donors (Lipinski definition) is 2. The van der Waals surface area contributed by atoms with Crippen molar-refractivity contribution in [3.63, 3.8) is 0 Å². The molecule has 2 aliphatic rings. The number of aromatic hydroxyl groups is 2. The molecule has 4 rings (SSSR count). The van der Waals surface area contributed by atoms with E-state index < -0.39 is 17.0 Å². The van der Waals surface area contributed by atoms with Crippen molar-refractivity contribution in [3.05, 3.63) is 57.1 Å². The fourth-order valence-corrected chi connectivity index (χ4v) is 5.65. The lowest BCUT2D eigenvalue weighted by Gasteiger charge is -2.38. The molecule has 2 aromatic carbocycles. The van der Waals surface area contributed by atoms with Crippen LogP contribution in [0.2, 0.25) is 0 Å². The van der Waals surface area contributed by atoms with E-state index in [1.54, 1.807) is 25.1 Å². The number of phenolic OH excluding ortho intramolecular Hbond substituents is 2. The third kappa shape index (κ3) is 2.61. The van der Waals surface area contributed by atoms with Crippen LogP contribution in [0.25, 0.3) is 0 Å². The summed E-state index contributed by atoms with van der Waals surface area (Å²) in [7, 11) is 0. The standard InChI is InChI=1S/C23H21BrO5/c1-10-5-4-6-12-15(10)21(28)18-17(19(12)26)20(27)13-8-23(3,14(25)9-24)7-11(2)16(13)22(18)29/h4-6,11,27,29H,7-9H2,1-3H3. The first-order valence-corrected chi connectivity index (χ1v) is 10.6. The summed E-state index contributed by atoms with van der Waals surface area (Å²) in [5.74, 6) is -1.75. The van der Waals surface area contributed by atoms with Crippen molar-refractivity contribution in [1.82, 2.24) is 0 Å². The molecule has 0 heterocycles. The minimum atomic E-state index is -0.732. The molecule has 0 radical (unpaired) electrons. The number of halogens is 1. The molecule has 2 atom stereocenters. The van der Waals surface area contributed by atoms with Gasteiger partial charge in [-0.25, -0.2) is 0 Å². The summed E-state index contributed by atoms with van der Waals surface area (Å²) >= 11 is 3.22. The van der Waals surface area contributed by atoms with Crippen LogP contribution in [0.3, 0.4) is 0 Å². The first-order chi connectivity index (χ1) is 13.6. The topological polar surface area (TPSA) is 91.7 Å². The molecule has 0 fully saturated rings. The van der Waals surface area contributed by atoms with Crippen LogP contribution in [0.15, 0.2) is 18.2 Å². The minimum absolute atomic E-state index is 0.00464. The van der Waals surface area contributed by atoms with Gasteiger partial charge >= 0.3 is 0 Å². The molecule has 2 aliphatic carbocycles. The van der Waals surface area contributed by atoms with Crippen molar-refractivity contribution in [1.29, 1.82) is 0 Å². The van der Waals surface area contributed by atoms with E-state index in [9.17, 15) is 24.6 Å². The van der Waals surface area contributed by atoms with Gasteiger partial charge in [0.05, 0.1) is 16.5 Å². The van der Waals surface area contributed by atoms with Crippen molar-refractivity contribution >= 4 is 33.3 Å². The number of hydrogen-bond acceptors (Lipinski definition) is 5. The summed E-state index contributed by atoms with van der Waals surface area (Å²) in [6.07, 6.45) is 0.680. The van der Waals surface area contributed by atoms with Crippen LogP contribution in [0.1, 0.15) is 74.7 Å². The summed E-state index contributed by atoms with van der Waals surface area (Å²) in [5, 5.41) is 22.3. The zero-order valence-electron chi connectivity index (χ0n) is 16.4. The Bertz CT molecular complexity index is 1120. The fourth-order valence-electron chi connectivity index (χ4n) is 4.98. The second kappa shape index (κ2) is 6.52. The molecule has 5 nitrogen and oxygen atoms in total. The van der Waals surface area contributed by atoms with Crippen LogP contribution in [0.4, 0.5) is 0 Å². The number of ketones is 3. The zero-order valence-corrected chi connectivity index (χ0v) is 18.0. The van der Waals surface area contributed by atoms with E-state index in [1.807, 2.05) is 13.8 Å². The number of alkyl halides is 1. The Balaban J connectivity index is 2.01. The van der Waals surface area contributed by atoms with E-state index in [0.29, 0.717) is 23.1 Å². The van der Waals surface area contributed by atoms with Crippen molar-refractivity contribution in [2.75, 3.05) is 5.33 Å². The predicted molar refractivity (Wildman–Crippen MR) is 111 cm³/mol. The highest BCUT2D eigenvalue weighted by Gasteiger charge is 2.45. The quantitative estimate of drug-likeness (QED) is 0.445. The average Bonchev–Trinajstić information content (AvgIpc) is 2.67. The van der Waals surface area contributed by atoms with E-state index in [-0.39, 0.29) is 57.2 Å². The number of aryl methyl sites for hydroxylation is 1. The van der Waals surface area contributed by atoms with Crippen LogP contribution >= 0.6 is 15.9 Å². The number of phenols is 2. The molecule has 29 heavy (non-hydrogen) atoms. The highest BCUT2D eigenvalue weighted by molar-refractivity contribution is 9.09. The van der Waals surface area contributed by atoms with Crippen LogP contribution in [0.5, 0.6) is 11.5 Å². The molecule has 150 valence electrons. The molecule has 0 saturated carbocycles. The number of fused-ring (bicyclic) bond motifs is 3. The summed E-state index contributed by atoms with van der Waals surface area (Å²) in [5.41, 5.74) is 0.953. The van der Waals surface area contributed by atoms with Crippen molar-refractivity contribution < 1.29 is 24.6 Å². The van der Waals surface area contributed by atoms with E-state index in [1.165, 1.54) is 0 Å². The van der Waals surface area contributed by atoms with Gasteiger partial charge in [-0.15, -0.1) is 0 Å². The maximum atomic E-state index is 13.2. The zero-order chi connectivity index (χ0) is 21.2. The van der Waals surface area contributed by atoms with Gasteiger partial charge in [0.25, 0.3) is 0 Å². The average molecular weight is 457 g/mol. The lowest BCUT2D eigenvalue weighted by Crippen LogP contribution is -2.37. The van der Waals surface area contributed by atoms with Crippen LogP contribution in [-0.4, -0.2) is 32.9 Å². The van der Waals surface area contributed by atoms with Gasteiger partial charge in [-0.2, -0.15) is 0 Å². The molecule has 2 aromatic rings. The smallest absolute Gasteiger partial charge is 0.198 e. The number of carbonyl (C=O) groups excluding carboxylic acids is 3. The second-order valence-corrected chi connectivity index (χ2v) is 8.96. The molecule has 0 saturated heterocycles. The van der Waals surface area contributed by atoms with Crippen LogP contribution in [-0.2, 0) is 11.2 Å². The Morgan fingerprint density at radius 3 is 2.45 bits per heavy atom. The highest BCUT2D eigenvalue weighted by Crippen LogP contribution is 2.53. The third-order valence-corrected chi connectivity index (χ3v) is 6.91. The summed E-state index contributed by atoms with van der Waals surface area (Å²) in [6.45, 7) is 5.43. The summed E-state index contributed by atoms with van der Waals surface area (Å²) in [6, 6.07) is 4.99. The Labute approximate surface area is 176 Å².